The second-order valence-corrected chi connectivity index (χ2v) is 4.94. The average molecular weight is 258 g/mol. The predicted molar refractivity (Wildman–Crippen MR) is 66.3 cm³/mol. The molecule has 1 aliphatic carbocycles. The lowest BCUT2D eigenvalue weighted by Gasteiger charge is -2.18. The van der Waals surface area contributed by atoms with Crippen LogP contribution in [0.5, 0.6) is 0 Å². The van der Waals surface area contributed by atoms with Crippen LogP contribution >= 0.6 is 11.6 Å². The van der Waals surface area contributed by atoms with Gasteiger partial charge in [0.15, 0.2) is 0 Å². The highest BCUT2D eigenvalue weighted by Crippen LogP contribution is 2.23. The Morgan fingerprint density at radius 1 is 1.41 bits per heavy atom. The van der Waals surface area contributed by atoms with E-state index in [1.165, 1.54) is 18.9 Å². The fourth-order valence-corrected chi connectivity index (χ4v) is 2.24. The standard InChI is InChI=1S/C13H17ClFNO/c1-9(16-17-11-4-2-3-5-11)10-6-7-13(15)12(14)8-10/h6-9,11,16H,2-5H2,1H3. The zero-order chi connectivity index (χ0) is 12.3. The number of halogens is 2. The van der Waals surface area contributed by atoms with Gasteiger partial charge in [0.25, 0.3) is 0 Å². The maximum Gasteiger partial charge on any atom is 0.141 e. The van der Waals surface area contributed by atoms with Crippen molar-refractivity contribution < 1.29 is 9.23 Å². The minimum Gasteiger partial charge on any atom is -0.298 e. The second kappa shape index (κ2) is 5.80. The van der Waals surface area contributed by atoms with Gasteiger partial charge in [-0.15, -0.1) is 0 Å². The van der Waals surface area contributed by atoms with Crippen LogP contribution in [0, 0.1) is 5.82 Å². The lowest BCUT2D eigenvalue weighted by atomic mass is 10.1. The molecule has 2 nitrogen and oxygen atoms in total. The highest BCUT2D eigenvalue weighted by Gasteiger charge is 2.17. The minimum absolute atomic E-state index is 0.00806. The molecule has 0 amide bonds. The third-order valence-corrected chi connectivity index (χ3v) is 3.45. The quantitative estimate of drug-likeness (QED) is 0.823. The van der Waals surface area contributed by atoms with E-state index in [0.717, 1.165) is 18.4 Å². The lowest BCUT2D eigenvalue weighted by Crippen LogP contribution is -2.24. The monoisotopic (exact) mass is 257 g/mol. The first-order valence-electron chi connectivity index (χ1n) is 6.03. The van der Waals surface area contributed by atoms with Crippen LogP contribution in [0.2, 0.25) is 5.02 Å². The Labute approximate surface area is 106 Å². The van der Waals surface area contributed by atoms with Crippen molar-refractivity contribution in [3.05, 3.63) is 34.6 Å². The number of hydrogen-bond donors (Lipinski definition) is 1. The van der Waals surface area contributed by atoms with E-state index in [-0.39, 0.29) is 16.9 Å². The van der Waals surface area contributed by atoms with Crippen LogP contribution < -0.4 is 5.48 Å². The Morgan fingerprint density at radius 2 is 2.12 bits per heavy atom. The zero-order valence-electron chi connectivity index (χ0n) is 9.88. The molecular weight excluding hydrogens is 241 g/mol. The van der Waals surface area contributed by atoms with E-state index in [9.17, 15) is 4.39 Å². The molecular formula is C13H17ClFNO. The first-order chi connectivity index (χ1) is 8.16. The summed E-state index contributed by atoms with van der Waals surface area (Å²) in [4.78, 5) is 5.60. The summed E-state index contributed by atoms with van der Waals surface area (Å²) in [5.74, 6) is -0.390. The molecule has 0 radical (unpaired) electrons. The highest BCUT2D eigenvalue weighted by molar-refractivity contribution is 6.30. The maximum atomic E-state index is 13.0. The van der Waals surface area contributed by atoms with Crippen molar-refractivity contribution in [3.8, 4) is 0 Å². The predicted octanol–water partition coefficient (Wildman–Crippen LogP) is 4.00. The Kier molecular flexibility index (Phi) is 4.37. The van der Waals surface area contributed by atoms with Crippen molar-refractivity contribution >= 4 is 11.6 Å². The van der Waals surface area contributed by atoms with Crippen molar-refractivity contribution in [2.45, 2.75) is 44.8 Å². The summed E-state index contributed by atoms with van der Waals surface area (Å²) in [6.07, 6.45) is 5.02. The summed E-state index contributed by atoms with van der Waals surface area (Å²) in [7, 11) is 0. The molecule has 1 aromatic carbocycles. The Hall–Kier alpha value is -0.640. The fourth-order valence-electron chi connectivity index (χ4n) is 2.05. The van der Waals surface area contributed by atoms with Gasteiger partial charge in [-0.3, -0.25) is 4.84 Å². The molecule has 1 fully saturated rings. The van der Waals surface area contributed by atoms with Crippen LogP contribution in [0.3, 0.4) is 0 Å². The molecule has 1 unspecified atom stereocenters. The molecule has 0 aliphatic heterocycles. The van der Waals surface area contributed by atoms with E-state index in [0.29, 0.717) is 6.10 Å². The van der Waals surface area contributed by atoms with Gasteiger partial charge in [0, 0.05) is 0 Å². The van der Waals surface area contributed by atoms with Crippen molar-refractivity contribution in [2.24, 2.45) is 0 Å². The molecule has 1 aliphatic rings. The zero-order valence-corrected chi connectivity index (χ0v) is 10.6. The van der Waals surface area contributed by atoms with E-state index in [1.54, 1.807) is 12.1 Å². The first-order valence-corrected chi connectivity index (χ1v) is 6.40. The molecule has 0 heterocycles. The fraction of sp³-hybridized carbons (Fsp3) is 0.538. The Bertz CT molecular complexity index is 380. The number of hydroxylamine groups is 1. The largest absolute Gasteiger partial charge is 0.298 e. The van der Waals surface area contributed by atoms with Gasteiger partial charge in [0.1, 0.15) is 5.82 Å². The highest BCUT2D eigenvalue weighted by atomic mass is 35.5. The number of nitrogens with one attached hydrogen (secondary N) is 1. The summed E-state index contributed by atoms with van der Waals surface area (Å²) in [5, 5.41) is 0.150. The molecule has 17 heavy (non-hydrogen) atoms. The van der Waals surface area contributed by atoms with Crippen molar-refractivity contribution in [3.63, 3.8) is 0 Å². The summed E-state index contributed by atoms with van der Waals surface area (Å²) < 4.78 is 13.0. The van der Waals surface area contributed by atoms with E-state index < -0.39 is 0 Å². The minimum atomic E-state index is -0.390. The van der Waals surface area contributed by atoms with Crippen molar-refractivity contribution in [1.82, 2.24) is 5.48 Å². The smallest absolute Gasteiger partial charge is 0.141 e. The molecule has 1 saturated carbocycles. The maximum absolute atomic E-state index is 13.0. The van der Waals surface area contributed by atoms with Gasteiger partial charge < -0.3 is 0 Å². The molecule has 0 spiro atoms. The second-order valence-electron chi connectivity index (χ2n) is 4.54. The molecule has 4 heteroatoms. The van der Waals surface area contributed by atoms with E-state index in [2.05, 4.69) is 5.48 Å². The molecule has 1 atom stereocenters. The number of rotatable bonds is 4. The van der Waals surface area contributed by atoms with Crippen LogP contribution in [0.4, 0.5) is 4.39 Å². The molecule has 2 rings (SSSR count). The summed E-state index contributed by atoms with van der Waals surface area (Å²) >= 11 is 5.74. The lowest BCUT2D eigenvalue weighted by molar-refractivity contribution is -0.0376. The van der Waals surface area contributed by atoms with E-state index in [1.807, 2.05) is 6.92 Å². The van der Waals surface area contributed by atoms with Gasteiger partial charge in [-0.25, -0.2) is 4.39 Å². The van der Waals surface area contributed by atoms with Gasteiger partial charge in [-0.05, 0) is 37.5 Å². The van der Waals surface area contributed by atoms with Gasteiger partial charge in [0.2, 0.25) is 0 Å². The van der Waals surface area contributed by atoms with Gasteiger partial charge in [-0.1, -0.05) is 30.5 Å². The third kappa shape index (κ3) is 3.41. The van der Waals surface area contributed by atoms with Crippen LogP contribution in [0.1, 0.15) is 44.2 Å². The summed E-state index contributed by atoms with van der Waals surface area (Å²) in [5.41, 5.74) is 3.93. The van der Waals surface area contributed by atoms with Crippen LogP contribution in [0.15, 0.2) is 18.2 Å². The topological polar surface area (TPSA) is 21.3 Å². The molecule has 0 saturated heterocycles. The third-order valence-electron chi connectivity index (χ3n) is 3.16. The Morgan fingerprint density at radius 3 is 2.76 bits per heavy atom. The molecule has 0 aromatic heterocycles. The van der Waals surface area contributed by atoms with E-state index >= 15 is 0 Å². The van der Waals surface area contributed by atoms with Crippen molar-refractivity contribution in [1.29, 1.82) is 0 Å². The number of benzene rings is 1. The summed E-state index contributed by atoms with van der Waals surface area (Å²) in [6.45, 7) is 1.97. The van der Waals surface area contributed by atoms with Crippen LogP contribution in [0.25, 0.3) is 0 Å². The van der Waals surface area contributed by atoms with Gasteiger partial charge in [-0.2, -0.15) is 5.48 Å². The summed E-state index contributed by atoms with van der Waals surface area (Å²) in [6, 6.07) is 4.74. The Balaban J connectivity index is 1.89. The van der Waals surface area contributed by atoms with Gasteiger partial charge in [0.05, 0.1) is 17.2 Å². The molecule has 1 aromatic rings. The molecule has 0 bridgehead atoms. The SMILES string of the molecule is CC(NOC1CCCC1)c1ccc(F)c(Cl)c1. The first kappa shape index (κ1) is 12.8. The van der Waals surface area contributed by atoms with Crippen LogP contribution in [-0.4, -0.2) is 6.10 Å². The molecule has 94 valence electrons. The van der Waals surface area contributed by atoms with Gasteiger partial charge >= 0.3 is 0 Å². The normalized spacial score (nSPS) is 18.5. The average Bonchev–Trinajstić information content (AvgIpc) is 2.82. The van der Waals surface area contributed by atoms with Crippen molar-refractivity contribution in [2.75, 3.05) is 0 Å². The molecule has 1 N–H and O–H groups in total. The van der Waals surface area contributed by atoms with E-state index in [4.69, 9.17) is 16.4 Å². The van der Waals surface area contributed by atoms with Crippen LogP contribution in [-0.2, 0) is 4.84 Å². The number of hydrogen-bond acceptors (Lipinski definition) is 2.